The molecule has 2 heterocycles. The van der Waals surface area contributed by atoms with Gasteiger partial charge in [0.2, 0.25) is 0 Å². The van der Waals surface area contributed by atoms with E-state index < -0.39 is 0 Å². The maximum atomic E-state index is 8.86. The Bertz CT molecular complexity index is 342. The van der Waals surface area contributed by atoms with Gasteiger partial charge in [0.15, 0.2) is 0 Å². The van der Waals surface area contributed by atoms with E-state index in [1.165, 1.54) is 0 Å². The fourth-order valence-corrected chi connectivity index (χ4v) is 2.41. The molecule has 0 bridgehead atoms. The van der Waals surface area contributed by atoms with Crippen molar-refractivity contribution in [2.24, 2.45) is 5.92 Å². The molecule has 1 saturated heterocycles. The minimum absolute atomic E-state index is 0.0137. The quantitative estimate of drug-likeness (QED) is 0.687. The van der Waals surface area contributed by atoms with Crippen LogP contribution in [0.25, 0.3) is 0 Å². The summed E-state index contributed by atoms with van der Waals surface area (Å²) in [5.74, 6) is 0.0137. The third-order valence-corrected chi connectivity index (χ3v) is 3.15. The zero-order valence-electron chi connectivity index (χ0n) is 7.36. The van der Waals surface area contributed by atoms with Crippen molar-refractivity contribution in [3.63, 3.8) is 0 Å². The Balaban J connectivity index is 2.21. The highest BCUT2D eigenvalue weighted by Crippen LogP contribution is 2.36. The molecule has 2 rings (SSSR count). The van der Waals surface area contributed by atoms with Crippen molar-refractivity contribution in [3.05, 3.63) is 16.1 Å². The van der Waals surface area contributed by atoms with Gasteiger partial charge >= 0.3 is 0 Å². The van der Waals surface area contributed by atoms with Gasteiger partial charge in [-0.05, 0) is 13.3 Å². The topological polar surface area (TPSA) is 45.9 Å². The van der Waals surface area contributed by atoms with Crippen LogP contribution in [0.5, 0.6) is 0 Å². The fourth-order valence-electron chi connectivity index (χ4n) is 1.51. The summed E-state index contributed by atoms with van der Waals surface area (Å²) in [6.07, 6.45) is 2.63. The summed E-state index contributed by atoms with van der Waals surface area (Å²) >= 11 is 1.62. The summed E-state index contributed by atoms with van der Waals surface area (Å²) in [5, 5.41) is 9.89. The van der Waals surface area contributed by atoms with Crippen molar-refractivity contribution in [1.29, 1.82) is 5.26 Å². The van der Waals surface area contributed by atoms with Crippen LogP contribution in [0.3, 0.4) is 0 Å². The molecular formula is C9H10N2OS. The van der Waals surface area contributed by atoms with E-state index in [-0.39, 0.29) is 12.0 Å². The van der Waals surface area contributed by atoms with Crippen LogP contribution in [0, 0.1) is 24.2 Å². The first-order valence-electron chi connectivity index (χ1n) is 4.25. The Morgan fingerprint density at radius 2 is 2.62 bits per heavy atom. The SMILES string of the molecule is Cc1ncc(C2OCCC2C#N)s1. The van der Waals surface area contributed by atoms with Crippen LogP contribution in [0.4, 0.5) is 0 Å². The number of nitriles is 1. The second kappa shape index (κ2) is 3.44. The molecule has 1 aliphatic heterocycles. The molecule has 1 fully saturated rings. The molecule has 3 nitrogen and oxygen atoms in total. The molecule has 0 saturated carbocycles. The highest BCUT2D eigenvalue weighted by atomic mass is 32.1. The molecule has 4 heteroatoms. The van der Waals surface area contributed by atoms with Gasteiger partial charge in [0.1, 0.15) is 6.10 Å². The van der Waals surface area contributed by atoms with Crippen molar-refractivity contribution < 1.29 is 4.74 Å². The molecule has 1 aromatic heterocycles. The Labute approximate surface area is 81.0 Å². The van der Waals surface area contributed by atoms with Gasteiger partial charge in [-0.1, -0.05) is 0 Å². The monoisotopic (exact) mass is 194 g/mol. The number of hydrogen-bond donors (Lipinski definition) is 0. The van der Waals surface area contributed by atoms with Crippen LogP contribution in [0.1, 0.15) is 22.4 Å². The van der Waals surface area contributed by atoms with Gasteiger partial charge in [-0.15, -0.1) is 11.3 Å². The van der Waals surface area contributed by atoms with Crippen LogP contribution in [-0.2, 0) is 4.74 Å². The molecule has 13 heavy (non-hydrogen) atoms. The van der Waals surface area contributed by atoms with Gasteiger partial charge in [0.05, 0.1) is 21.9 Å². The summed E-state index contributed by atoms with van der Waals surface area (Å²) in [6.45, 7) is 2.66. The normalized spacial score (nSPS) is 27.4. The molecule has 2 atom stereocenters. The summed E-state index contributed by atoms with van der Waals surface area (Å²) in [6, 6.07) is 2.28. The number of ether oxygens (including phenoxy) is 1. The maximum absolute atomic E-state index is 8.86. The van der Waals surface area contributed by atoms with E-state index in [4.69, 9.17) is 10.00 Å². The first-order chi connectivity index (χ1) is 6.31. The van der Waals surface area contributed by atoms with Crippen molar-refractivity contribution in [1.82, 2.24) is 4.98 Å². The highest BCUT2D eigenvalue weighted by Gasteiger charge is 2.30. The lowest BCUT2D eigenvalue weighted by Crippen LogP contribution is -2.02. The Kier molecular flexibility index (Phi) is 2.30. The lowest BCUT2D eigenvalue weighted by molar-refractivity contribution is 0.103. The second-order valence-electron chi connectivity index (χ2n) is 3.10. The van der Waals surface area contributed by atoms with Crippen molar-refractivity contribution in [2.75, 3.05) is 6.61 Å². The number of aromatic nitrogens is 1. The predicted octanol–water partition coefficient (Wildman–Crippen LogP) is 2.05. The molecule has 0 aliphatic carbocycles. The molecule has 0 radical (unpaired) electrons. The number of hydrogen-bond acceptors (Lipinski definition) is 4. The molecule has 1 aromatic rings. The first kappa shape index (κ1) is 8.67. The van der Waals surface area contributed by atoms with Crippen molar-refractivity contribution in [2.45, 2.75) is 19.4 Å². The summed E-state index contributed by atoms with van der Waals surface area (Å²) in [4.78, 5) is 5.24. The zero-order chi connectivity index (χ0) is 9.26. The number of aryl methyl sites for hydroxylation is 1. The Morgan fingerprint density at radius 3 is 3.23 bits per heavy atom. The average molecular weight is 194 g/mol. The molecule has 0 N–H and O–H groups in total. The lowest BCUT2D eigenvalue weighted by atomic mass is 10.0. The van der Waals surface area contributed by atoms with E-state index in [0.717, 1.165) is 16.3 Å². The molecule has 0 amide bonds. The second-order valence-corrected chi connectivity index (χ2v) is 4.36. The molecule has 2 unspecified atom stereocenters. The average Bonchev–Trinajstić information content (AvgIpc) is 2.71. The Hall–Kier alpha value is -0.920. The summed E-state index contributed by atoms with van der Waals surface area (Å²) in [5.41, 5.74) is 0. The number of nitrogens with zero attached hydrogens (tertiary/aromatic N) is 2. The first-order valence-corrected chi connectivity index (χ1v) is 5.06. The fraction of sp³-hybridized carbons (Fsp3) is 0.556. The smallest absolute Gasteiger partial charge is 0.109 e. The lowest BCUT2D eigenvalue weighted by Gasteiger charge is -2.08. The van der Waals surface area contributed by atoms with E-state index in [2.05, 4.69) is 11.1 Å². The largest absolute Gasteiger partial charge is 0.371 e. The van der Waals surface area contributed by atoms with Crippen molar-refractivity contribution >= 4 is 11.3 Å². The molecular weight excluding hydrogens is 184 g/mol. The van der Waals surface area contributed by atoms with Crippen LogP contribution >= 0.6 is 11.3 Å². The van der Waals surface area contributed by atoms with Gasteiger partial charge in [0.25, 0.3) is 0 Å². The van der Waals surface area contributed by atoms with Gasteiger partial charge < -0.3 is 4.74 Å². The summed E-state index contributed by atoms with van der Waals surface area (Å²) in [7, 11) is 0. The van der Waals surface area contributed by atoms with E-state index in [1.54, 1.807) is 11.3 Å². The van der Waals surface area contributed by atoms with E-state index in [9.17, 15) is 0 Å². The molecule has 0 aromatic carbocycles. The van der Waals surface area contributed by atoms with Crippen LogP contribution < -0.4 is 0 Å². The van der Waals surface area contributed by atoms with Crippen molar-refractivity contribution in [3.8, 4) is 6.07 Å². The third kappa shape index (κ3) is 1.58. The van der Waals surface area contributed by atoms with Gasteiger partial charge in [-0.2, -0.15) is 5.26 Å². The molecule has 68 valence electrons. The van der Waals surface area contributed by atoms with E-state index in [1.807, 2.05) is 13.1 Å². The molecule has 1 aliphatic rings. The third-order valence-electron chi connectivity index (χ3n) is 2.18. The minimum atomic E-state index is -0.0313. The standard InChI is InChI=1S/C9H10N2OS/c1-6-11-5-8(13-6)9-7(4-10)2-3-12-9/h5,7,9H,2-3H2,1H3. The van der Waals surface area contributed by atoms with Gasteiger partial charge in [-0.3, -0.25) is 0 Å². The predicted molar refractivity (Wildman–Crippen MR) is 49.3 cm³/mol. The number of rotatable bonds is 1. The zero-order valence-corrected chi connectivity index (χ0v) is 8.17. The van der Waals surface area contributed by atoms with E-state index >= 15 is 0 Å². The minimum Gasteiger partial charge on any atom is -0.371 e. The highest BCUT2D eigenvalue weighted by molar-refractivity contribution is 7.11. The Morgan fingerprint density at radius 1 is 1.77 bits per heavy atom. The maximum Gasteiger partial charge on any atom is 0.109 e. The molecule has 0 spiro atoms. The van der Waals surface area contributed by atoms with Gasteiger partial charge in [-0.25, -0.2) is 4.98 Å². The summed E-state index contributed by atoms with van der Waals surface area (Å²) < 4.78 is 5.50. The van der Waals surface area contributed by atoms with Crippen LogP contribution in [0.15, 0.2) is 6.20 Å². The van der Waals surface area contributed by atoms with Crippen LogP contribution in [-0.4, -0.2) is 11.6 Å². The van der Waals surface area contributed by atoms with Gasteiger partial charge in [0, 0.05) is 12.8 Å². The number of thiazole rings is 1. The van der Waals surface area contributed by atoms with Crippen LogP contribution in [0.2, 0.25) is 0 Å². The van der Waals surface area contributed by atoms with E-state index in [0.29, 0.717) is 6.61 Å².